The van der Waals surface area contributed by atoms with Gasteiger partial charge in [0.1, 0.15) is 6.07 Å². The number of nitrogens with zero attached hydrogens (tertiary/aromatic N) is 1. The summed E-state index contributed by atoms with van der Waals surface area (Å²) in [6.45, 7) is 0. The molecule has 0 aliphatic heterocycles. The molecule has 0 aliphatic rings. The molecule has 0 fully saturated rings. The van der Waals surface area contributed by atoms with Crippen molar-refractivity contribution in [3.8, 4) is 6.07 Å². The minimum absolute atomic E-state index is 0.132. The lowest BCUT2D eigenvalue weighted by atomic mass is 10.2. The molecule has 0 unspecified atom stereocenters. The van der Waals surface area contributed by atoms with Gasteiger partial charge in [-0.25, -0.2) is 0 Å². The SMILES string of the molecule is N#CC(=O)CCC(=O)ON. The predicted molar refractivity (Wildman–Crippen MR) is 30.1 cm³/mol. The highest BCUT2D eigenvalue weighted by molar-refractivity contribution is 5.94. The highest BCUT2D eigenvalue weighted by Gasteiger charge is 2.04. The summed E-state index contributed by atoms with van der Waals surface area (Å²) in [6, 6.07) is 1.36. The Morgan fingerprint density at radius 1 is 1.50 bits per heavy atom. The van der Waals surface area contributed by atoms with Crippen LogP contribution in [0.15, 0.2) is 0 Å². The fourth-order valence-electron chi connectivity index (χ4n) is 0.330. The van der Waals surface area contributed by atoms with E-state index in [9.17, 15) is 9.59 Å². The number of ketones is 1. The number of hydrogen-bond acceptors (Lipinski definition) is 5. The predicted octanol–water partition coefficient (Wildman–Crippen LogP) is -0.724. The molecule has 0 aromatic rings. The summed E-state index contributed by atoms with van der Waals surface area (Å²) in [6.07, 6.45) is -0.268. The molecule has 0 spiro atoms. The molecule has 2 N–H and O–H groups in total. The number of carbonyl (C=O) groups is 2. The van der Waals surface area contributed by atoms with Crippen molar-refractivity contribution in [2.45, 2.75) is 12.8 Å². The lowest BCUT2D eigenvalue weighted by molar-refractivity contribution is -0.145. The first-order valence-electron chi connectivity index (χ1n) is 2.53. The van der Waals surface area contributed by atoms with Crippen LogP contribution in [0.4, 0.5) is 0 Å². The first-order valence-corrected chi connectivity index (χ1v) is 2.53. The first kappa shape index (κ1) is 8.59. The molecule has 0 heterocycles. The Kier molecular flexibility index (Phi) is 3.84. The van der Waals surface area contributed by atoms with Gasteiger partial charge < -0.3 is 4.84 Å². The molecular weight excluding hydrogens is 136 g/mol. The van der Waals surface area contributed by atoms with Crippen LogP contribution in [0.5, 0.6) is 0 Å². The van der Waals surface area contributed by atoms with E-state index in [-0.39, 0.29) is 12.8 Å². The van der Waals surface area contributed by atoms with Gasteiger partial charge in [0.05, 0.1) is 6.42 Å². The van der Waals surface area contributed by atoms with Crippen LogP contribution < -0.4 is 5.90 Å². The van der Waals surface area contributed by atoms with Crippen molar-refractivity contribution in [3.05, 3.63) is 0 Å². The molecule has 5 heteroatoms. The number of nitrogens with two attached hydrogens (primary N) is 1. The second-order valence-electron chi connectivity index (χ2n) is 1.52. The third-order valence-corrected chi connectivity index (χ3v) is 0.812. The summed E-state index contributed by atoms with van der Waals surface area (Å²) in [4.78, 5) is 24.2. The smallest absolute Gasteiger partial charge is 0.324 e. The van der Waals surface area contributed by atoms with E-state index in [1.807, 2.05) is 0 Å². The van der Waals surface area contributed by atoms with Crippen LogP contribution in [0.3, 0.4) is 0 Å². The van der Waals surface area contributed by atoms with Crippen LogP contribution >= 0.6 is 0 Å². The topological polar surface area (TPSA) is 93.2 Å². The van der Waals surface area contributed by atoms with Crippen LogP contribution in [0, 0.1) is 11.3 Å². The molecule has 0 saturated carbocycles. The second kappa shape index (κ2) is 4.47. The molecule has 0 bridgehead atoms. The quantitative estimate of drug-likeness (QED) is 0.414. The van der Waals surface area contributed by atoms with Crippen molar-refractivity contribution in [3.63, 3.8) is 0 Å². The van der Waals surface area contributed by atoms with Gasteiger partial charge in [-0.2, -0.15) is 11.2 Å². The van der Waals surface area contributed by atoms with E-state index in [1.54, 1.807) is 0 Å². The number of hydrogen-bond donors (Lipinski definition) is 1. The average Bonchev–Trinajstić information content (AvgIpc) is 1.99. The molecule has 0 amide bonds. The molecule has 0 radical (unpaired) electrons. The van der Waals surface area contributed by atoms with Crippen LogP contribution in [-0.2, 0) is 14.4 Å². The Morgan fingerprint density at radius 2 is 2.10 bits per heavy atom. The molecule has 0 rings (SSSR count). The summed E-state index contributed by atoms with van der Waals surface area (Å²) >= 11 is 0. The highest BCUT2D eigenvalue weighted by Crippen LogP contribution is 1.90. The number of rotatable bonds is 3. The van der Waals surface area contributed by atoms with Crippen molar-refractivity contribution in [2.24, 2.45) is 5.90 Å². The van der Waals surface area contributed by atoms with Gasteiger partial charge in [-0.15, -0.1) is 0 Å². The zero-order chi connectivity index (χ0) is 7.98. The lowest BCUT2D eigenvalue weighted by Gasteiger charge is -1.91. The van der Waals surface area contributed by atoms with Crippen molar-refractivity contribution in [1.82, 2.24) is 0 Å². The van der Waals surface area contributed by atoms with E-state index in [2.05, 4.69) is 10.7 Å². The fourth-order valence-corrected chi connectivity index (χ4v) is 0.330. The Morgan fingerprint density at radius 3 is 2.50 bits per heavy atom. The van der Waals surface area contributed by atoms with Crippen LogP contribution in [-0.4, -0.2) is 11.8 Å². The normalized spacial score (nSPS) is 8.00. The van der Waals surface area contributed by atoms with Gasteiger partial charge in [-0.05, 0) is 0 Å². The zero-order valence-corrected chi connectivity index (χ0v) is 5.16. The van der Waals surface area contributed by atoms with Gasteiger partial charge in [-0.3, -0.25) is 9.59 Å². The molecule has 0 aromatic heterocycles. The van der Waals surface area contributed by atoms with Crippen molar-refractivity contribution >= 4 is 11.8 Å². The maximum Gasteiger partial charge on any atom is 0.324 e. The monoisotopic (exact) mass is 142 g/mol. The van der Waals surface area contributed by atoms with Crippen LogP contribution in [0.25, 0.3) is 0 Å². The maximum atomic E-state index is 10.2. The van der Waals surface area contributed by atoms with Crippen molar-refractivity contribution in [2.75, 3.05) is 0 Å². The van der Waals surface area contributed by atoms with E-state index in [1.165, 1.54) is 6.07 Å². The first-order chi connectivity index (χ1) is 4.70. The molecular formula is C5H6N2O3. The second-order valence-corrected chi connectivity index (χ2v) is 1.52. The Balaban J connectivity index is 3.48. The Bertz CT molecular complexity index is 182. The molecule has 54 valence electrons. The van der Waals surface area contributed by atoms with Crippen molar-refractivity contribution < 1.29 is 14.4 Å². The van der Waals surface area contributed by atoms with Crippen molar-refractivity contribution in [1.29, 1.82) is 5.26 Å². The fraction of sp³-hybridized carbons (Fsp3) is 0.400. The summed E-state index contributed by atoms with van der Waals surface area (Å²) in [5, 5.41) is 7.94. The van der Waals surface area contributed by atoms with E-state index < -0.39 is 11.8 Å². The van der Waals surface area contributed by atoms with Crippen LogP contribution in [0.1, 0.15) is 12.8 Å². The summed E-state index contributed by atoms with van der Waals surface area (Å²) in [7, 11) is 0. The minimum atomic E-state index is -0.691. The van der Waals surface area contributed by atoms with E-state index in [0.717, 1.165) is 0 Å². The third-order valence-electron chi connectivity index (χ3n) is 0.812. The summed E-state index contributed by atoms with van der Waals surface area (Å²) in [5.74, 6) is 3.12. The molecule has 0 aliphatic carbocycles. The van der Waals surface area contributed by atoms with E-state index >= 15 is 0 Å². The van der Waals surface area contributed by atoms with Gasteiger partial charge in [0, 0.05) is 6.42 Å². The molecule has 5 nitrogen and oxygen atoms in total. The molecule has 0 aromatic carbocycles. The van der Waals surface area contributed by atoms with Gasteiger partial charge in [-0.1, -0.05) is 0 Å². The minimum Gasteiger partial charge on any atom is -0.373 e. The number of nitriles is 1. The molecule has 0 atom stereocenters. The standard InChI is InChI=1S/C5H6N2O3/c6-3-4(8)1-2-5(9)10-7/h1-2,7H2. The summed E-state index contributed by atoms with van der Waals surface area (Å²) in [5.41, 5.74) is 0. The lowest BCUT2D eigenvalue weighted by Crippen LogP contribution is -2.10. The highest BCUT2D eigenvalue weighted by atomic mass is 16.7. The number of carbonyl (C=O) groups excluding carboxylic acids is 2. The largest absolute Gasteiger partial charge is 0.373 e. The van der Waals surface area contributed by atoms with Gasteiger partial charge >= 0.3 is 5.97 Å². The summed E-state index contributed by atoms with van der Waals surface area (Å²) < 4.78 is 0. The third kappa shape index (κ3) is 3.57. The van der Waals surface area contributed by atoms with Crippen LogP contribution in [0.2, 0.25) is 0 Å². The van der Waals surface area contributed by atoms with Gasteiger partial charge in [0.15, 0.2) is 0 Å². The average molecular weight is 142 g/mol. The Hall–Kier alpha value is -1.41. The molecule has 10 heavy (non-hydrogen) atoms. The Labute approximate surface area is 57.3 Å². The van der Waals surface area contributed by atoms with E-state index in [4.69, 9.17) is 5.26 Å². The number of Topliss-reactive ketones (excluding diaryl/α,β-unsaturated/α-hetero) is 1. The van der Waals surface area contributed by atoms with E-state index in [0.29, 0.717) is 0 Å². The maximum absolute atomic E-state index is 10.2. The van der Waals surface area contributed by atoms with Gasteiger partial charge in [0.25, 0.3) is 0 Å². The molecule has 0 saturated heterocycles. The zero-order valence-electron chi connectivity index (χ0n) is 5.16. The van der Waals surface area contributed by atoms with Gasteiger partial charge in [0.2, 0.25) is 5.78 Å².